The van der Waals surface area contributed by atoms with Gasteiger partial charge in [0.2, 0.25) is 0 Å². The molecule has 0 saturated heterocycles. The number of carboxylic acid groups (broad SMARTS) is 2. The SMILES string of the molecule is CNC(Cc1ccccc1)CN1C(C)=C(C(=O)O)C(c2cccc([N+](=O)[O-])c2)C(C(=O)O)=C1C. The van der Waals surface area contributed by atoms with Gasteiger partial charge in [0.15, 0.2) is 0 Å². The number of hydrogen-bond donors (Lipinski definition) is 3. The predicted octanol–water partition coefficient (Wildman–Crippen LogP) is 3.54. The molecular weight excluding hydrogens is 438 g/mol. The lowest BCUT2D eigenvalue weighted by Crippen LogP contribution is -2.43. The number of nitro groups is 1. The number of nitro benzene ring substituents is 1. The molecule has 1 atom stereocenters. The van der Waals surface area contributed by atoms with Crippen molar-refractivity contribution in [1.29, 1.82) is 0 Å². The Bertz CT molecular complexity index is 1130. The van der Waals surface area contributed by atoms with E-state index in [1.165, 1.54) is 24.3 Å². The van der Waals surface area contributed by atoms with Crippen LogP contribution < -0.4 is 5.32 Å². The summed E-state index contributed by atoms with van der Waals surface area (Å²) < 4.78 is 0. The van der Waals surface area contributed by atoms with Crippen LogP contribution in [0, 0.1) is 10.1 Å². The van der Waals surface area contributed by atoms with Crippen LogP contribution in [-0.4, -0.2) is 51.6 Å². The summed E-state index contributed by atoms with van der Waals surface area (Å²) in [6.07, 6.45) is 0.660. The number of nitrogens with zero attached hydrogens (tertiary/aromatic N) is 2. The van der Waals surface area contributed by atoms with Crippen molar-refractivity contribution in [3.05, 3.63) is 98.4 Å². The fourth-order valence-electron chi connectivity index (χ4n) is 4.46. The lowest BCUT2D eigenvalue weighted by molar-refractivity contribution is -0.384. The minimum absolute atomic E-state index is 0.0910. The van der Waals surface area contributed by atoms with Gasteiger partial charge in [0, 0.05) is 36.1 Å². The van der Waals surface area contributed by atoms with E-state index in [9.17, 15) is 29.9 Å². The molecule has 2 aromatic carbocycles. The van der Waals surface area contributed by atoms with Crippen molar-refractivity contribution in [2.75, 3.05) is 13.6 Å². The Balaban J connectivity index is 2.09. The first kappa shape index (κ1) is 24.7. The Kier molecular flexibility index (Phi) is 7.47. The van der Waals surface area contributed by atoms with Gasteiger partial charge in [0.25, 0.3) is 5.69 Å². The van der Waals surface area contributed by atoms with Crippen LogP contribution in [0.4, 0.5) is 5.69 Å². The molecule has 1 unspecified atom stereocenters. The van der Waals surface area contributed by atoms with Crippen LogP contribution in [0.15, 0.2) is 77.1 Å². The number of non-ortho nitro benzene ring substituents is 1. The van der Waals surface area contributed by atoms with Gasteiger partial charge in [-0.05, 0) is 38.4 Å². The second-order valence-corrected chi connectivity index (χ2v) is 8.18. The van der Waals surface area contributed by atoms with Crippen molar-refractivity contribution in [2.45, 2.75) is 32.2 Å². The lowest BCUT2D eigenvalue weighted by Gasteiger charge is -2.38. The Morgan fingerprint density at radius 1 is 1.03 bits per heavy atom. The molecule has 1 heterocycles. The van der Waals surface area contributed by atoms with Gasteiger partial charge in [0.1, 0.15) is 0 Å². The molecule has 3 rings (SSSR count). The van der Waals surface area contributed by atoms with E-state index in [1.54, 1.807) is 25.8 Å². The predicted molar refractivity (Wildman–Crippen MR) is 126 cm³/mol. The van der Waals surface area contributed by atoms with Gasteiger partial charge >= 0.3 is 11.9 Å². The Hall–Kier alpha value is -3.98. The van der Waals surface area contributed by atoms with Crippen molar-refractivity contribution in [2.24, 2.45) is 0 Å². The normalized spacial score (nSPS) is 15.4. The van der Waals surface area contributed by atoms with E-state index in [1.807, 2.05) is 30.3 Å². The molecule has 1 aliphatic rings. The largest absolute Gasteiger partial charge is 0.478 e. The van der Waals surface area contributed by atoms with E-state index in [0.717, 1.165) is 5.56 Å². The maximum Gasteiger partial charge on any atom is 0.334 e. The molecule has 0 amide bonds. The smallest absolute Gasteiger partial charge is 0.334 e. The van der Waals surface area contributed by atoms with Gasteiger partial charge in [-0.3, -0.25) is 10.1 Å². The number of aliphatic carboxylic acids is 2. The highest BCUT2D eigenvalue weighted by molar-refractivity contribution is 5.98. The minimum atomic E-state index is -1.27. The third-order valence-corrected chi connectivity index (χ3v) is 6.18. The maximum absolute atomic E-state index is 12.4. The van der Waals surface area contributed by atoms with Gasteiger partial charge in [-0.15, -0.1) is 0 Å². The van der Waals surface area contributed by atoms with Gasteiger partial charge < -0.3 is 20.4 Å². The third kappa shape index (κ3) is 4.99. The second-order valence-electron chi connectivity index (χ2n) is 8.18. The molecule has 9 nitrogen and oxygen atoms in total. The molecule has 34 heavy (non-hydrogen) atoms. The van der Waals surface area contributed by atoms with Crippen LogP contribution in [0.3, 0.4) is 0 Å². The number of carbonyl (C=O) groups is 2. The highest BCUT2D eigenvalue weighted by atomic mass is 16.6. The molecule has 0 radical (unpaired) electrons. The molecule has 2 aromatic rings. The van der Waals surface area contributed by atoms with Gasteiger partial charge in [0.05, 0.1) is 22.0 Å². The summed E-state index contributed by atoms with van der Waals surface area (Å²) >= 11 is 0. The minimum Gasteiger partial charge on any atom is -0.478 e. The number of nitrogens with one attached hydrogen (secondary N) is 1. The third-order valence-electron chi connectivity index (χ3n) is 6.18. The maximum atomic E-state index is 12.4. The van der Waals surface area contributed by atoms with Gasteiger partial charge in [-0.1, -0.05) is 42.5 Å². The Morgan fingerprint density at radius 2 is 1.62 bits per heavy atom. The quantitative estimate of drug-likeness (QED) is 0.378. The van der Waals surface area contributed by atoms with Crippen molar-refractivity contribution in [3.8, 4) is 0 Å². The van der Waals surface area contributed by atoms with Gasteiger partial charge in [-0.25, -0.2) is 9.59 Å². The number of benzene rings is 2. The Labute approximate surface area is 197 Å². The second kappa shape index (κ2) is 10.3. The number of likely N-dealkylation sites (N-methyl/N-ethyl adjacent to an activating group) is 1. The molecule has 9 heteroatoms. The number of allylic oxidation sites excluding steroid dienone is 2. The van der Waals surface area contributed by atoms with Crippen molar-refractivity contribution < 1.29 is 24.7 Å². The summed E-state index contributed by atoms with van der Waals surface area (Å²) in [5.41, 5.74) is 1.68. The first-order valence-corrected chi connectivity index (χ1v) is 10.8. The molecule has 0 aromatic heterocycles. The molecule has 1 aliphatic heterocycles. The highest BCUT2D eigenvalue weighted by Crippen LogP contribution is 2.42. The molecule has 0 spiro atoms. The molecule has 0 bridgehead atoms. The zero-order valence-corrected chi connectivity index (χ0v) is 19.2. The van der Waals surface area contributed by atoms with E-state index in [4.69, 9.17) is 0 Å². The van der Waals surface area contributed by atoms with Crippen LogP contribution in [0.5, 0.6) is 0 Å². The monoisotopic (exact) mass is 465 g/mol. The average Bonchev–Trinajstić information content (AvgIpc) is 2.80. The summed E-state index contributed by atoms with van der Waals surface area (Å²) in [4.78, 5) is 37.2. The zero-order valence-electron chi connectivity index (χ0n) is 19.2. The molecule has 3 N–H and O–H groups in total. The van der Waals surface area contributed by atoms with E-state index in [-0.39, 0.29) is 28.4 Å². The van der Waals surface area contributed by atoms with E-state index in [2.05, 4.69) is 5.32 Å². The van der Waals surface area contributed by atoms with Crippen molar-refractivity contribution in [3.63, 3.8) is 0 Å². The topological polar surface area (TPSA) is 133 Å². The summed E-state index contributed by atoms with van der Waals surface area (Å²) in [5, 5.41) is 34.7. The number of hydrogen-bond acceptors (Lipinski definition) is 6. The molecular formula is C25H27N3O6. The summed E-state index contributed by atoms with van der Waals surface area (Å²) in [7, 11) is 1.80. The molecule has 0 fully saturated rings. The average molecular weight is 466 g/mol. The van der Waals surface area contributed by atoms with E-state index < -0.39 is 22.8 Å². The van der Waals surface area contributed by atoms with E-state index in [0.29, 0.717) is 24.4 Å². The lowest BCUT2D eigenvalue weighted by atomic mass is 9.79. The molecule has 178 valence electrons. The number of rotatable bonds is 9. The van der Waals surface area contributed by atoms with E-state index >= 15 is 0 Å². The zero-order chi connectivity index (χ0) is 25.0. The van der Waals surface area contributed by atoms with Crippen LogP contribution in [-0.2, 0) is 16.0 Å². The van der Waals surface area contributed by atoms with Crippen molar-refractivity contribution >= 4 is 17.6 Å². The number of carboxylic acids is 2. The standard InChI is InChI=1S/C25H27N3O6/c1-15-21(24(29)30)23(18-10-7-11-20(13-18)28(33)34)22(25(31)32)16(2)27(15)14-19(26-3)12-17-8-5-4-6-9-17/h4-11,13,19,23,26H,12,14H2,1-3H3,(H,29,30)(H,31,32). The first-order valence-electron chi connectivity index (χ1n) is 10.8. The first-order chi connectivity index (χ1) is 16.1. The fourth-order valence-corrected chi connectivity index (χ4v) is 4.46. The molecule has 0 aliphatic carbocycles. The van der Waals surface area contributed by atoms with Crippen molar-refractivity contribution in [1.82, 2.24) is 10.2 Å². The Morgan fingerprint density at radius 3 is 2.12 bits per heavy atom. The van der Waals surface area contributed by atoms with Gasteiger partial charge in [-0.2, -0.15) is 0 Å². The summed E-state index contributed by atoms with van der Waals surface area (Å²) in [6.45, 7) is 3.63. The highest BCUT2D eigenvalue weighted by Gasteiger charge is 2.40. The van der Waals surface area contributed by atoms with Crippen LogP contribution in [0.1, 0.15) is 30.9 Å². The van der Waals surface area contributed by atoms with Crippen LogP contribution in [0.25, 0.3) is 0 Å². The molecule has 0 saturated carbocycles. The van der Waals surface area contributed by atoms with Crippen LogP contribution >= 0.6 is 0 Å². The fraction of sp³-hybridized carbons (Fsp3) is 0.280. The summed E-state index contributed by atoms with van der Waals surface area (Å²) in [5.74, 6) is -3.68. The van der Waals surface area contributed by atoms with Crippen LogP contribution in [0.2, 0.25) is 0 Å². The summed E-state index contributed by atoms with van der Waals surface area (Å²) in [6, 6.07) is 15.2.